The molecule has 0 heterocycles. The number of carboxylic acids is 1. The van der Waals surface area contributed by atoms with E-state index in [-0.39, 0.29) is 25.4 Å². The predicted molar refractivity (Wildman–Crippen MR) is 87.1 cm³/mol. The van der Waals surface area contributed by atoms with Crippen LogP contribution in [0.4, 0.5) is 0 Å². The van der Waals surface area contributed by atoms with E-state index in [4.69, 9.17) is 5.11 Å². The molecule has 5 nitrogen and oxygen atoms in total. The number of carbonyl (C=O) groups is 2. The lowest BCUT2D eigenvalue weighted by molar-refractivity contribution is -0.137. The van der Waals surface area contributed by atoms with E-state index in [0.29, 0.717) is 5.56 Å². The van der Waals surface area contributed by atoms with Crippen LogP contribution in [0.1, 0.15) is 23.2 Å². The average Bonchev–Trinajstić information content (AvgIpc) is 2.59. The summed E-state index contributed by atoms with van der Waals surface area (Å²) < 4.78 is 0. The van der Waals surface area contributed by atoms with Crippen LogP contribution in [0, 0.1) is 0 Å². The fourth-order valence-corrected chi connectivity index (χ4v) is 2.22. The van der Waals surface area contributed by atoms with Gasteiger partial charge in [-0.1, -0.05) is 42.5 Å². The van der Waals surface area contributed by atoms with Gasteiger partial charge in [0.05, 0.1) is 12.6 Å². The molecule has 0 saturated heterocycles. The van der Waals surface area contributed by atoms with Crippen molar-refractivity contribution in [3.05, 3.63) is 60.2 Å². The highest BCUT2D eigenvalue weighted by atomic mass is 16.4. The van der Waals surface area contributed by atoms with Crippen molar-refractivity contribution in [2.45, 2.75) is 18.9 Å². The zero-order valence-corrected chi connectivity index (χ0v) is 12.6. The second kappa shape index (κ2) is 8.10. The van der Waals surface area contributed by atoms with Crippen molar-refractivity contribution >= 4 is 11.9 Å². The second-order valence-electron chi connectivity index (χ2n) is 5.23. The van der Waals surface area contributed by atoms with Crippen LogP contribution in [0.3, 0.4) is 0 Å². The van der Waals surface area contributed by atoms with E-state index < -0.39 is 12.0 Å². The van der Waals surface area contributed by atoms with Crippen LogP contribution < -0.4 is 5.32 Å². The van der Waals surface area contributed by atoms with Crippen LogP contribution in [0.15, 0.2) is 54.6 Å². The van der Waals surface area contributed by atoms with Crippen LogP contribution in [0.25, 0.3) is 11.1 Å². The van der Waals surface area contributed by atoms with E-state index in [1.54, 1.807) is 12.1 Å². The number of rotatable bonds is 7. The Morgan fingerprint density at radius 2 is 1.57 bits per heavy atom. The summed E-state index contributed by atoms with van der Waals surface area (Å²) in [6, 6.07) is 16.4. The number of hydrogen-bond acceptors (Lipinski definition) is 3. The van der Waals surface area contributed by atoms with Gasteiger partial charge in [-0.05, 0) is 29.7 Å². The summed E-state index contributed by atoms with van der Waals surface area (Å²) in [6.07, 6.45) is 0.0954. The molecule has 0 aliphatic rings. The maximum atomic E-state index is 12.1. The van der Waals surface area contributed by atoms with Crippen molar-refractivity contribution in [2.24, 2.45) is 0 Å². The number of hydrogen-bond donors (Lipinski definition) is 3. The van der Waals surface area contributed by atoms with Crippen LogP contribution in [0.2, 0.25) is 0 Å². The summed E-state index contributed by atoms with van der Waals surface area (Å²) in [5.74, 6) is -1.28. The van der Waals surface area contributed by atoms with Crippen molar-refractivity contribution < 1.29 is 19.8 Å². The molecule has 2 aromatic carbocycles. The number of nitrogens with one attached hydrogen (secondary N) is 1. The smallest absolute Gasteiger partial charge is 0.303 e. The largest absolute Gasteiger partial charge is 0.481 e. The van der Waals surface area contributed by atoms with E-state index in [2.05, 4.69) is 5.32 Å². The van der Waals surface area contributed by atoms with Gasteiger partial charge in [-0.15, -0.1) is 0 Å². The van der Waals surface area contributed by atoms with E-state index in [0.717, 1.165) is 11.1 Å². The van der Waals surface area contributed by atoms with Gasteiger partial charge in [0.25, 0.3) is 5.91 Å². The molecule has 0 fully saturated rings. The van der Waals surface area contributed by atoms with Gasteiger partial charge in [0.15, 0.2) is 0 Å². The molecule has 3 N–H and O–H groups in total. The molecule has 120 valence electrons. The van der Waals surface area contributed by atoms with Crippen molar-refractivity contribution in [3.63, 3.8) is 0 Å². The molecule has 0 saturated carbocycles. The molecule has 0 radical (unpaired) electrons. The number of carbonyl (C=O) groups excluding carboxylic acids is 1. The Bertz CT molecular complexity index is 652. The first kappa shape index (κ1) is 16.7. The van der Waals surface area contributed by atoms with E-state index in [9.17, 15) is 14.7 Å². The minimum Gasteiger partial charge on any atom is -0.481 e. The van der Waals surface area contributed by atoms with Crippen LogP contribution in [-0.4, -0.2) is 34.7 Å². The zero-order chi connectivity index (χ0) is 16.7. The number of amides is 1. The lowest BCUT2D eigenvalue weighted by Gasteiger charge is -2.15. The lowest BCUT2D eigenvalue weighted by Crippen LogP contribution is -2.37. The highest BCUT2D eigenvalue weighted by Crippen LogP contribution is 2.19. The maximum absolute atomic E-state index is 12.1. The first-order valence-corrected chi connectivity index (χ1v) is 7.39. The third kappa shape index (κ3) is 4.93. The van der Waals surface area contributed by atoms with Crippen LogP contribution >= 0.6 is 0 Å². The second-order valence-corrected chi connectivity index (χ2v) is 5.23. The van der Waals surface area contributed by atoms with Gasteiger partial charge in [-0.2, -0.15) is 0 Å². The summed E-state index contributed by atoms with van der Waals surface area (Å²) in [4.78, 5) is 22.7. The average molecular weight is 313 g/mol. The van der Waals surface area contributed by atoms with Crippen molar-refractivity contribution in [1.82, 2.24) is 5.32 Å². The van der Waals surface area contributed by atoms with Gasteiger partial charge >= 0.3 is 5.97 Å². The number of aliphatic carboxylic acids is 1. The molecule has 0 bridgehead atoms. The predicted octanol–water partition coefficient (Wildman–Crippen LogP) is 2.31. The number of benzene rings is 2. The third-order valence-electron chi connectivity index (χ3n) is 3.52. The van der Waals surface area contributed by atoms with E-state index in [1.165, 1.54) is 0 Å². The van der Waals surface area contributed by atoms with Gasteiger partial charge in [0, 0.05) is 12.0 Å². The monoisotopic (exact) mass is 313 g/mol. The molecule has 23 heavy (non-hydrogen) atoms. The highest BCUT2D eigenvalue weighted by molar-refractivity contribution is 5.94. The molecule has 5 heteroatoms. The number of aliphatic hydroxyl groups is 1. The minimum absolute atomic E-state index is 0.0988. The SMILES string of the molecule is O=C(O)CC[C@@H](CO)NC(=O)c1ccc(-c2ccccc2)cc1. The molecular formula is C18H19NO4. The summed E-state index contributed by atoms with van der Waals surface area (Å²) in [5.41, 5.74) is 2.54. The fourth-order valence-electron chi connectivity index (χ4n) is 2.22. The number of carboxylic acid groups (broad SMARTS) is 1. The quantitative estimate of drug-likeness (QED) is 0.732. The Hall–Kier alpha value is -2.66. The molecule has 2 rings (SSSR count). The topological polar surface area (TPSA) is 86.6 Å². The van der Waals surface area contributed by atoms with Gasteiger partial charge in [0.2, 0.25) is 0 Å². The summed E-state index contributed by atoms with van der Waals surface area (Å²) in [5, 5.41) is 20.5. The Morgan fingerprint density at radius 1 is 0.957 bits per heavy atom. The molecular weight excluding hydrogens is 294 g/mol. The molecule has 0 aliphatic carbocycles. The molecule has 0 aromatic heterocycles. The Kier molecular flexibility index (Phi) is 5.88. The first-order valence-electron chi connectivity index (χ1n) is 7.39. The Morgan fingerprint density at radius 3 is 2.13 bits per heavy atom. The van der Waals surface area contributed by atoms with Gasteiger partial charge < -0.3 is 15.5 Å². The van der Waals surface area contributed by atoms with Crippen LogP contribution in [0.5, 0.6) is 0 Å². The third-order valence-corrected chi connectivity index (χ3v) is 3.52. The zero-order valence-electron chi connectivity index (χ0n) is 12.6. The normalized spacial score (nSPS) is 11.7. The van der Waals surface area contributed by atoms with E-state index in [1.807, 2.05) is 42.5 Å². The summed E-state index contributed by atoms with van der Waals surface area (Å²) >= 11 is 0. The molecule has 2 aromatic rings. The molecule has 1 atom stereocenters. The van der Waals surface area contributed by atoms with Crippen molar-refractivity contribution in [2.75, 3.05) is 6.61 Å². The minimum atomic E-state index is -0.954. The summed E-state index contributed by atoms with van der Waals surface area (Å²) in [6.45, 7) is -0.291. The Balaban J connectivity index is 2.01. The van der Waals surface area contributed by atoms with Crippen molar-refractivity contribution in [3.8, 4) is 11.1 Å². The lowest BCUT2D eigenvalue weighted by atomic mass is 10.0. The highest BCUT2D eigenvalue weighted by Gasteiger charge is 2.14. The van der Waals surface area contributed by atoms with E-state index >= 15 is 0 Å². The van der Waals surface area contributed by atoms with Crippen LogP contribution in [-0.2, 0) is 4.79 Å². The standard InChI is InChI=1S/C18H19NO4/c20-12-16(10-11-17(21)22)19-18(23)15-8-6-14(7-9-15)13-4-2-1-3-5-13/h1-9,16,20H,10-12H2,(H,19,23)(H,21,22)/t16-/m0/s1. The summed E-state index contributed by atoms with van der Waals surface area (Å²) in [7, 11) is 0. The maximum Gasteiger partial charge on any atom is 0.303 e. The van der Waals surface area contributed by atoms with Gasteiger partial charge in [-0.25, -0.2) is 0 Å². The van der Waals surface area contributed by atoms with Gasteiger partial charge in [-0.3, -0.25) is 9.59 Å². The molecule has 0 unspecified atom stereocenters. The first-order chi connectivity index (χ1) is 11.1. The number of aliphatic hydroxyl groups excluding tert-OH is 1. The fraction of sp³-hybridized carbons (Fsp3) is 0.222. The van der Waals surface area contributed by atoms with Crippen molar-refractivity contribution in [1.29, 1.82) is 0 Å². The molecule has 1 amide bonds. The Labute approximate surface area is 134 Å². The van der Waals surface area contributed by atoms with Gasteiger partial charge in [0.1, 0.15) is 0 Å². The molecule has 0 aliphatic heterocycles. The molecule has 0 spiro atoms.